The monoisotopic (exact) mass is 283 g/mol. The number of rotatable bonds is 7. The third kappa shape index (κ3) is 6.57. The van der Waals surface area contributed by atoms with Crippen LogP contribution in [-0.2, 0) is 4.79 Å². The first-order valence-electron chi connectivity index (χ1n) is 6.40. The molecule has 0 radical (unpaired) electrons. The van der Waals surface area contributed by atoms with Crippen molar-refractivity contribution in [1.82, 2.24) is 10.2 Å². The van der Waals surface area contributed by atoms with Crippen LogP contribution in [0.5, 0.6) is 0 Å². The lowest BCUT2D eigenvalue weighted by Crippen LogP contribution is -2.30. The number of hydrogen-bond donors (Lipinski definition) is 2. The van der Waals surface area contributed by atoms with E-state index in [0.29, 0.717) is 11.6 Å². The molecule has 0 atom stereocenters. The highest BCUT2D eigenvalue weighted by Gasteiger charge is 2.03. The standard InChI is InChI=1S/C14H22ClN3O/c1-11-5-6-12(9-13(11)15)17-14(19)10-16-7-4-8-18(2)3/h5-6,9,16H,4,7-8,10H2,1-3H3,(H,17,19). The van der Waals surface area contributed by atoms with E-state index in [1.807, 2.05) is 33.2 Å². The van der Waals surface area contributed by atoms with E-state index in [4.69, 9.17) is 11.6 Å². The molecule has 0 aliphatic rings. The van der Waals surface area contributed by atoms with Gasteiger partial charge in [0, 0.05) is 10.7 Å². The average Bonchev–Trinajstić information content (AvgIpc) is 2.33. The van der Waals surface area contributed by atoms with Crippen LogP contribution in [0.1, 0.15) is 12.0 Å². The molecule has 0 heterocycles. The lowest BCUT2D eigenvalue weighted by molar-refractivity contribution is -0.115. The zero-order chi connectivity index (χ0) is 14.3. The molecule has 1 amide bonds. The van der Waals surface area contributed by atoms with E-state index in [2.05, 4.69) is 15.5 Å². The Hall–Kier alpha value is -1.10. The third-order valence-electron chi connectivity index (χ3n) is 2.70. The van der Waals surface area contributed by atoms with Crippen LogP contribution < -0.4 is 10.6 Å². The molecule has 0 spiro atoms. The Morgan fingerprint density at radius 2 is 2.11 bits per heavy atom. The number of halogens is 1. The number of anilines is 1. The van der Waals surface area contributed by atoms with E-state index in [1.54, 1.807) is 6.07 Å². The van der Waals surface area contributed by atoms with Crippen LogP contribution >= 0.6 is 11.6 Å². The largest absolute Gasteiger partial charge is 0.325 e. The SMILES string of the molecule is Cc1ccc(NC(=O)CNCCCN(C)C)cc1Cl. The molecule has 0 saturated carbocycles. The second-order valence-corrected chi connectivity index (χ2v) is 5.25. The van der Waals surface area contributed by atoms with Crippen LogP contribution in [0.3, 0.4) is 0 Å². The predicted molar refractivity (Wildman–Crippen MR) is 80.9 cm³/mol. The van der Waals surface area contributed by atoms with Gasteiger partial charge in [-0.25, -0.2) is 0 Å². The van der Waals surface area contributed by atoms with Gasteiger partial charge in [0.05, 0.1) is 6.54 Å². The van der Waals surface area contributed by atoms with Crippen molar-refractivity contribution in [3.8, 4) is 0 Å². The molecule has 1 rings (SSSR count). The predicted octanol–water partition coefficient (Wildman–Crippen LogP) is 2.13. The molecule has 5 heteroatoms. The Balaban J connectivity index is 2.25. The summed E-state index contributed by atoms with van der Waals surface area (Å²) in [6.45, 7) is 4.10. The molecule has 0 unspecified atom stereocenters. The van der Waals surface area contributed by atoms with Gasteiger partial charge in [-0.3, -0.25) is 4.79 Å². The van der Waals surface area contributed by atoms with Crippen LogP contribution in [0.4, 0.5) is 5.69 Å². The van der Waals surface area contributed by atoms with E-state index < -0.39 is 0 Å². The summed E-state index contributed by atoms with van der Waals surface area (Å²) in [6, 6.07) is 5.51. The Bertz CT molecular complexity index is 421. The summed E-state index contributed by atoms with van der Waals surface area (Å²) in [5.74, 6) is -0.0511. The summed E-state index contributed by atoms with van der Waals surface area (Å²) in [5.41, 5.74) is 1.73. The number of benzene rings is 1. The molecule has 0 bridgehead atoms. The summed E-state index contributed by atoms with van der Waals surface area (Å²) < 4.78 is 0. The number of aryl methyl sites for hydroxylation is 1. The number of hydrogen-bond acceptors (Lipinski definition) is 3. The maximum Gasteiger partial charge on any atom is 0.238 e. The summed E-state index contributed by atoms with van der Waals surface area (Å²) in [4.78, 5) is 13.8. The van der Waals surface area contributed by atoms with Crippen molar-refractivity contribution < 1.29 is 4.79 Å². The Morgan fingerprint density at radius 1 is 1.37 bits per heavy atom. The van der Waals surface area contributed by atoms with Gasteiger partial charge in [-0.15, -0.1) is 0 Å². The Kier molecular flexibility index (Phi) is 6.84. The van der Waals surface area contributed by atoms with E-state index in [1.165, 1.54) is 0 Å². The molecule has 0 saturated heterocycles. The molecular weight excluding hydrogens is 262 g/mol. The fourth-order valence-corrected chi connectivity index (χ4v) is 1.78. The van der Waals surface area contributed by atoms with Gasteiger partial charge in [-0.05, 0) is 58.2 Å². The van der Waals surface area contributed by atoms with Crippen molar-refractivity contribution in [1.29, 1.82) is 0 Å². The first-order chi connectivity index (χ1) is 8.99. The van der Waals surface area contributed by atoms with E-state index in [-0.39, 0.29) is 5.91 Å². The van der Waals surface area contributed by atoms with Gasteiger partial charge in [0.15, 0.2) is 0 Å². The van der Waals surface area contributed by atoms with Gasteiger partial charge in [0.2, 0.25) is 5.91 Å². The molecule has 0 aliphatic carbocycles. The average molecular weight is 284 g/mol. The van der Waals surface area contributed by atoms with E-state index in [0.717, 1.165) is 30.8 Å². The van der Waals surface area contributed by atoms with E-state index >= 15 is 0 Å². The smallest absolute Gasteiger partial charge is 0.238 e. The molecule has 0 aliphatic heterocycles. The zero-order valence-electron chi connectivity index (χ0n) is 11.8. The fourth-order valence-electron chi connectivity index (χ4n) is 1.60. The number of nitrogens with one attached hydrogen (secondary N) is 2. The molecule has 19 heavy (non-hydrogen) atoms. The van der Waals surface area contributed by atoms with Crippen molar-refractivity contribution in [2.45, 2.75) is 13.3 Å². The molecule has 0 aromatic heterocycles. The van der Waals surface area contributed by atoms with Crippen LogP contribution in [0.25, 0.3) is 0 Å². The molecule has 0 fully saturated rings. The normalized spacial score (nSPS) is 10.8. The fraction of sp³-hybridized carbons (Fsp3) is 0.500. The van der Waals surface area contributed by atoms with Crippen LogP contribution in [0.15, 0.2) is 18.2 Å². The van der Waals surface area contributed by atoms with Gasteiger partial charge in [0.1, 0.15) is 0 Å². The topological polar surface area (TPSA) is 44.4 Å². The Morgan fingerprint density at radius 3 is 2.74 bits per heavy atom. The first-order valence-corrected chi connectivity index (χ1v) is 6.78. The van der Waals surface area contributed by atoms with Crippen molar-refractivity contribution >= 4 is 23.2 Å². The summed E-state index contributed by atoms with van der Waals surface area (Å²) in [7, 11) is 4.07. The quantitative estimate of drug-likeness (QED) is 0.754. The Labute approximate surface area is 120 Å². The maximum absolute atomic E-state index is 11.7. The summed E-state index contributed by atoms with van der Waals surface area (Å²) in [5, 5.41) is 6.59. The molecular formula is C14H22ClN3O. The highest BCUT2D eigenvalue weighted by Crippen LogP contribution is 2.19. The second kappa shape index (κ2) is 8.15. The molecule has 2 N–H and O–H groups in total. The maximum atomic E-state index is 11.7. The number of amides is 1. The number of carbonyl (C=O) groups is 1. The van der Waals surface area contributed by atoms with E-state index in [9.17, 15) is 4.79 Å². The first kappa shape index (κ1) is 16.0. The lowest BCUT2D eigenvalue weighted by atomic mass is 10.2. The molecule has 1 aromatic rings. The van der Waals surface area contributed by atoms with Crippen LogP contribution in [0, 0.1) is 6.92 Å². The van der Waals surface area contributed by atoms with Crippen LogP contribution in [-0.4, -0.2) is 44.5 Å². The zero-order valence-corrected chi connectivity index (χ0v) is 12.5. The lowest BCUT2D eigenvalue weighted by Gasteiger charge is -2.10. The van der Waals surface area contributed by atoms with Gasteiger partial charge < -0.3 is 15.5 Å². The van der Waals surface area contributed by atoms with Crippen LogP contribution in [0.2, 0.25) is 5.02 Å². The minimum absolute atomic E-state index is 0.0511. The van der Waals surface area contributed by atoms with Gasteiger partial charge in [0.25, 0.3) is 0 Å². The molecule has 1 aromatic carbocycles. The van der Waals surface area contributed by atoms with Crippen molar-refractivity contribution in [3.63, 3.8) is 0 Å². The van der Waals surface area contributed by atoms with Crippen molar-refractivity contribution in [2.24, 2.45) is 0 Å². The van der Waals surface area contributed by atoms with Crippen molar-refractivity contribution in [2.75, 3.05) is 39.0 Å². The highest BCUT2D eigenvalue weighted by molar-refractivity contribution is 6.31. The number of carbonyl (C=O) groups excluding carboxylic acids is 1. The van der Waals surface area contributed by atoms with Gasteiger partial charge in [-0.2, -0.15) is 0 Å². The van der Waals surface area contributed by atoms with Crippen molar-refractivity contribution in [3.05, 3.63) is 28.8 Å². The minimum Gasteiger partial charge on any atom is -0.325 e. The highest BCUT2D eigenvalue weighted by atomic mass is 35.5. The molecule has 4 nitrogen and oxygen atoms in total. The van der Waals surface area contributed by atoms with Gasteiger partial charge in [-0.1, -0.05) is 17.7 Å². The second-order valence-electron chi connectivity index (χ2n) is 4.85. The van der Waals surface area contributed by atoms with Gasteiger partial charge >= 0.3 is 0 Å². The number of nitrogens with zero attached hydrogens (tertiary/aromatic N) is 1. The minimum atomic E-state index is -0.0511. The summed E-state index contributed by atoms with van der Waals surface area (Å²) >= 11 is 6.00. The molecule has 106 valence electrons. The third-order valence-corrected chi connectivity index (χ3v) is 3.11. The summed E-state index contributed by atoms with van der Waals surface area (Å²) in [6.07, 6.45) is 1.02.